The van der Waals surface area contributed by atoms with E-state index < -0.39 is 0 Å². The van der Waals surface area contributed by atoms with E-state index in [0.29, 0.717) is 0 Å². The lowest BCUT2D eigenvalue weighted by molar-refractivity contribution is 0.125. The molecule has 0 fully saturated rings. The Labute approximate surface area is 320 Å². The fourth-order valence-corrected chi connectivity index (χ4v) is 8.55. The first-order chi connectivity index (χ1) is 26.3. The predicted octanol–water partition coefficient (Wildman–Crippen LogP) is 13.8. The molecule has 0 aromatic heterocycles. The summed E-state index contributed by atoms with van der Waals surface area (Å²) < 4.78 is 6.10. The summed E-state index contributed by atoms with van der Waals surface area (Å²) in [4.78, 5) is 0. The maximum atomic E-state index is 6.10. The van der Waals surface area contributed by atoms with Gasteiger partial charge in [0.2, 0.25) is 0 Å². The molecular formula is C52H58O. The molecule has 0 saturated carbocycles. The van der Waals surface area contributed by atoms with E-state index in [1.807, 2.05) is 0 Å². The summed E-state index contributed by atoms with van der Waals surface area (Å²) in [5.41, 5.74) is 8.01. The lowest BCUT2D eigenvalue weighted by Crippen LogP contribution is -2.29. The fraction of sp³-hybridized carbons (Fsp3) is 0.308. The van der Waals surface area contributed by atoms with Gasteiger partial charge in [-0.2, -0.15) is 0 Å². The van der Waals surface area contributed by atoms with E-state index in [0.717, 1.165) is 38.9 Å². The van der Waals surface area contributed by atoms with Crippen LogP contribution < -0.4 is 0 Å². The summed E-state index contributed by atoms with van der Waals surface area (Å²) in [6.07, 6.45) is 14.4. The van der Waals surface area contributed by atoms with Crippen molar-refractivity contribution >= 4 is 0 Å². The number of hydrogen-bond donors (Lipinski definition) is 0. The van der Waals surface area contributed by atoms with Crippen molar-refractivity contribution in [2.45, 2.75) is 87.9 Å². The van der Waals surface area contributed by atoms with Crippen LogP contribution in [0.1, 0.15) is 110 Å². The van der Waals surface area contributed by atoms with E-state index in [4.69, 9.17) is 4.74 Å². The van der Waals surface area contributed by atoms with Crippen molar-refractivity contribution < 1.29 is 4.74 Å². The van der Waals surface area contributed by atoms with Gasteiger partial charge >= 0.3 is 0 Å². The molecule has 53 heavy (non-hydrogen) atoms. The predicted molar refractivity (Wildman–Crippen MR) is 225 cm³/mol. The molecule has 0 atom stereocenters. The van der Waals surface area contributed by atoms with Crippen LogP contribution in [0.15, 0.2) is 182 Å². The SMILES string of the molecule is c1ccc(C(CCCCCCCOCCCCCCCC(c2ccccc2)(c2ccccc2)c2ccccc2)(c2ccccc2)c2ccccc2)cc1. The van der Waals surface area contributed by atoms with Crippen molar-refractivity contribution in [1.29, 1.82) is 0 Å². The van der Waals surface area contributed by atoms with Gasteiger partial charge in [-0.3, -0.25) is 0 Å². The van der Waals surface area contributed by atoms with Crippen LogP contribution in [-0.4, -0.2) is 13.2 Å². The summed E-state index contributed by atoms with van der Waals surface area (Å²) in [5, 5.41) is 0. The molecule has 1 heteroatoms. The fourth-order valence-electron chi connectivity index (χ4n) is 8.55. The molecule has 6 aromatic carbocycles. The van der Waals surface area contributed by atoms with Gasteiger partial charge in [-0.1, -0.05) is 233 Å². The van der Waals surface area contributed by atoms with Crippen LogP contribution >= 0.6 is 0 Å². The maximum Gasteiger partial charge on any atom is 0.0466 e. The van der Waals surface area contributed by atoms with Gasteiger partial charge in [-0.15, -0.1) is 0 Å². The molecule has 1 nitrogen and oxygen atoms in total. The first-order valence-corrected chi connectivity index (χ1v) is 20.2. The lowest BCUT2D eigenvalue weighted by Gasteiger charge is -2.36. The summed E-state index contributed by atoms with van der Waals surface area (Å²) >= 11 is 0. The Morgan fingerprint density at radius 1 is 0.245 bits per heavy atom. The van der Waals surface area contributed by atoms with Crippen LogP contribution in [0.5, 0.6) is 0 Å². The Morgan fingerprint density at radius 3 is 0.698 bits per heavy atom. The van der Waals surface area contributed by atoms with Crippen LogP contribution in [0, 0.1) is 0 Å². The van der Waals surface area contributed by atoms with E-state index in [2.05, 4.69) is 182 Å². The largest absolute Gasteiger partial charge is 0.381 e. The minimum atomic E-state index is -0.137. The lowest BCUT2D eigenvalue weighted by atomic mass is 9.66. The third kappa shape index (κ3) is 9.83. The second kappa shape index (κ2) is 20.5. The number of unbranched alkanes of at least 4 members (excludes halogenated alkanes) is 8. The molecule has 0 N–H and O–H groups in total. The van der Waals surface area contributed by atoms with E-state index in [9.17, 15) is 0 Å². The molecule has 0 heterocycles. The molecular weight excluding hydrogens is 641 g/mol. The average Bonchev–Trinajstić information content (AvgIpc) is 3.24. The topological polar surface area (TPSA) is 9.23 Å². The summed E-state index contributed by atoms with van der Waals surface area (Å²) in [6, 6.07) is 66.7. The Bertz CT molecular complexity index is 1490. The Kier molecular flexibility index (Phi) is 14.7. The molecule has 6 aromatic rings. The van der Waals surface area contributed by atoms with Gasteiger partial charge in [0.05, 0.1) is 0 Å². The first kappa shape index (κ1) is 38.0. The van der Waals surface area contributed by atoms with Crippen LogP contribution in [0.25, 0.3) is 0 Å². The van der Waals surface area contributed by atoms with Gasteiger partial charge in [0, 0.05) is 24.0 Å². The number of rotatable bonds is 22. The molecule has 0 saturated heterocycles. The number of benzene rings is 6. The third-order valence-electron chi connectivity index (χ3n) is 11.3. The number of hydrogen-bond acceptors (Lipinski definition) is 1. The van der Waals surface area contributed by atoms with Crippen molar-refractivity contribution in [3.63, 3.8) is 0 Å². The normalized spacial score (nSPS) is 11.8. The summed E-state index contributed by atoms with van der Waals surface area (Å²) in [5.74, 6) is 0. The van der Waals surface area contributed by atoms with E-state index >= 15 is 0 Å². The third-order valence-corrected chi connectivity index (χ3v) is 11.3. The summed E-state index contributed by atoms with van der Waals surface area (Å²) in [7, 11) is 0. The van der Waals surface area contributed by atoms with Gasteiger partial charge in [0.15, 0.2) is 0 Å². The zero-order valence-corrected chi connectivity index (χ0v) is 31.6. The van der Waals surface area contributed by atoms with Crippen molar-refractivity contribution in [2.24, 2.45) is 0 Å². The van der Waals surface area contributed by atoms with Crippen LogP contribution in [0.3, 0.4) is 0 Å². The molecule has 0 radical (unpaired) electrons. The molecule has 6 rings (SSSR count). The zero-order chi connectivity index (χ0) is 36.3. The van der Waals surface area contributed by atoms with Crippen molar-refractivity contribution in [3.05, 3.63) is 215 Å². The highest BCUT2D eigenvalue weighted by atomic mass is 16.5. The molecule has 0 aliphatic carbocycles. The minimum absolute atomic E-state index is 0.137. The second-order valence-electron chi connectivity index (χ2n) is 14.7. The Hall–Kier alpha value is -4.72. The summed E-state index contributed by atoms with van der Waals surface area (Å²) in [6.45, 7) is 1.77. The highest BCUT2D eigenvalue weighted by molar-refractivity contribution is 5.51. The van der Waals surface area contributed by atoms with Crippen LogP contribution in [0.4, 0.5) is 0 Å². The molecule has 0 aliphatic rings. The zero-order valence-electron chi connectivity index (χ0n) is 31.6. The quantitative estimate of drug-likeness (QED) is 0.0506. The maximum absolute atomic E-state index is 6.10. The van der Waals surface area contributed by atoms with E-state index in [-0.39, 0.29) is 10.8 Å². The Morgan fingerprint density at radius 2 is 0.453 bits per heavy atom. The van der Waals surface area contributed by atoms with E-state index in [1.54, 1.807) is 0 Å². The monoisotopic (exact) mass is 698 g/mol. The number of ether oxygens (including phenoxy) is 1. The van der Waals surface area contributed by atoms with Crippen LogP contribution in [-0.2, 0) is 15.6 Å². The average molecular weight is 699 g/mol. The van der Waals surface area contributed by atoms with Crippen LogP contribution in [0.2, 0.25) is 0 Å². The molecule has 0 bridgehead atoms. The van der Waals surface area contributed by atoms with Gasteiger partial charge in [-0.05, 0) is 59.1 Å². The van der Waals surface area contributed by atoms with Crippen molar-refractivity contribution in [2.75, 3.05) is 13.2 Å². The molecule has 0 spiro atoms. The Balaban J connectivity index is 0.901. The van der Waals surface area contributed by atoms with Gasteiger partial charge < -0.3 is 4.74 Å². The highest BCUT2D eigenvalue weighted by Crippen LogP contribution is 2.45. The molecule has 0 unspecified atom stereocenters. The molecule has 0 aliphatic heterocycles. The van der Waals surface area contributed by atoms with Crippen molar-refractivity contribution in [1.82, 2.24) is 0 Å². The minimum Gasteiger partial charge on any atom is -0.381 e. The standard InChI is InChI=1S/C52H58O/c1(3-25-41-51(45-29-13-7-14-30-45,46-31-15-8-16-32-46)47-33-17-9-18-34-47)5-27-43-53-44-28-6-2-4-26-42-52(48-35-19-10-20-36-48,49-37-21-11-22-38-49)50-39-23-12-24-40-50/h7-24,29-40H,1-6,25-28,41-44H2. The first-order valence-electron chi connectivity index (χ1n) is 20.2. The van der Waals surface area contributed by atoms with Gasteiger partial charge in [0.25, 0.3) is 0 Å². The molecule has 272 valence electrons. The second-order valence-corrected chi connectivity index (χ2v) is 14.7. The van der Waals surface area contributed by atoms with Gasteiger partial charge in [0.1, 0.15) is 0 Å². The van der Waals surface area contributed by atoms with E-state index in [1.165, 1.54) is 84.7 Å². The van der Waals surface area contributed by atoms with Gasteiger partial charge in [-0.25, -0.2) is 0 Å². The van der Waals surface area contributed by atoms with Crippen molar-refractivity contribution in [3.8, 4) is 0 Å². The highest BCUT2D eigenvalue weighted by Gasteiger charge is 2.36. The smallest absolute Gasteiger partial charge is 0.0466 e. The molecule has 0 amide bonds.